The zero-order valence-electron chi connectivity index (χ0n) is 27.6. The van der Waals surface area contributed by atoms with Gasteiger partial charge < -0.3 is 29.2 Å². The fourth-order valence-corrected chi connectivity index (χ4v) is 9.70. The number of Topliss-reactive ketones (excluding diaryl/α,β-unsaturated/α-hetero) is 1. The highest BCUT2D eigenvalue weighted by atomic mass is 16.6. The number of ketones is 1. The summed E-state index contributed by atoms with van der Waals surface area (Å²) in [4.78, 5) is 26.9. The van der Waals surface area contributed by atoms with Crippen LogP contribution in [0.25, 0.3) is 0 Å². The average Bonchev–Trinajstić information content (AvgIpc) is 3.39. The largest absolute Gasteiger partial charge is 0.504 e. The van der Waals surface area contributed by atoms with E-state index < -0.39 is 34.3 Å². The number of rotatable bonds is 8. The first-order valence-corrected chi connectivity index (χ1v) is 16.6. The summed E-state index contributed by atoms with van der Waals surface area (Å²) in [5.41, 5.74) is 0.178. The van der Waals surface area contributed by atoms with E-state index in [2.05, 4.69) is 38.6 Å². The summed E-state index contributed by atoms with van der Waals surface area (Å²) in [5, 5.41) is 22.4. The van der Waals surface area contributed by atoms with Crippen molar-refractivity contribution in [3.8, 4) is 11.5 Å². The van der Waals surface area contributed by atoms with Gasteiger partial charge in [0, 0.05) is 30.6 Å². The van der Waals surface area contributed by atoms with Crippen LogP contribution in [-0.4, -0.2) is 64.7 Å². The first kappa shape index (κ1) is 31.9. The second kappa shape index (κ2) is 11.2. The summed E-state index contributed by atoms with van der Waals surface area (Å²) in [6.45, 7) is 10.7. The topological polar surface area (TPSA) is 112 Å². The van der Waals surface area contributed by atoms with Crippen LogP contribution in [0.5, 0.6) is 11.5 Å². The summed E-state index contributed by atoms with van der Waals surface area (Å²) in [6.07, 6.45) is 6.17. The Morgan fingerprint density at radius 2 is 1.87 bits per heavy atom. The van der Waals surface area contributed by atoms with Crippen LogP contribution >= 0.6 is 0 Å². The number of aromatic hydroxyl groups is 1. The van der Waals surface area contributed by atoms with E-state index in [1.807, 2.05) is 24.3 Å². The maximum Gasteiger partial charge on any atom is 0.310 e. The molecular formula is C39H44O8. The van der Waals surface area contributed by atoms with Gasteiger partial charge in [-0.2, -0.15) is 0 Å². The molecule has 2 aliphatic heterocycles. The van der Waals surface area contributed by atoms with Crippen molar-refractivity contribution in [3.05, 3.63) is 95.1 Å². The van der Waals surface area contributed by atoms with Crippen molar-refractivity contribution >= 4 is 11.8 Å². The average molecular weight is 641 g/mol. The van der Waals surface area contributed by atoms with Gasteiger partial charge in [0.25, 0.3) is 0 Å². The SMILES string of the molecule is C=C(C)[C@]12C[C@@H](C)[C@@]34OCC(Cc5ccccc5)(C[C@@H]1[C@@H]3C=C(COC(=O)Cc1ccc(O)c(OC)c1)C[C@]1(O)C(=O)C(C)=CC41)O2. The summed E-state index contributed by atoms with van der Waals surface area (Å²) in [5.74, 6) is -1.42. The molecule has 0 spiro atoms. The van der Waals surface area contributed by atoms with E-state index in [0.29, 0.717) is 36.2 Å². The molecule has 3 aliphatic carbocycles. The molecule has 47 heavy (non-hydrogen) atoms. The monoisotopic (exact) mass is 640 g/mol. The molecule has 2 aromatic carbocycles. The minimum atomic E-state index is -1.73. The number of esters is 1. The Hall–Kier alpha value is -3.72. The third-order valence-corrected chi connectivity index (χ3v) is 11.7. The molecule has 248 valence electrons. The number of fused-ring (bicyclic) bond motifs is 2. The van der Waals surface area contributed by atoms with Crippen molar-refractivity contribution in [2.24, 2.45) is 23.7 Å². The van der Waals surface area contributed by atoms with Gasteiger partial charge in [0.1, 0.15) is 12.2 Å². The molecule has 3 fully saturated rings. The van der Waals surface area contributed by atoms with Gasteiger partial charge >= 0.3 is 5.97 Å². The van der Waals surface area contributed by atoms with Crippen LogP contribution in [0, 0.1) is 23.7 Å². The van der Waals surface area contributed by atoms with Crippen LogP contribution in [0.3, 0.4) is 0 Å². The number of hydrogen-bond acceptors (Lipinski definition) is 8. The minimum absolute atomic E-state index is 0.0135. The Balaban J connectivity index is 1.27. The maximum atomic E-state index is 13.8. The van der Waals surface area contributed by atoms with Crippen molar-refractivity contribution in [2.75, 3.05) is 20.3 Å². The Kier molecular flexibility index (Phi) is 7.58. The Morgan fingerprint density at radius 3 is 2.60 bits per heavy atom. The number of methoxy groups -OCH3 is 1. The molecule has 2 aromatic rings. The summed E-state index contributed by atoms with van der Waals surface area (Å²) in [6, 6.07) is 15.0. The molecule has 0 amide bonds. The van der Waals surface area contributed by atoms with Crippen molar-refractivity contribution in [1.82, 2.24) is 0 Å². The molecule has 3 bridgehead atoms. The van der Waals surface area contributed by atoms with E-state index in [0.717, 1.165) is 17.6 Å². The van der Waals surface area contributed by atoms with Gasteiger partial charge in [-0.05, 0) is 72.6 Å². The molecule has 1 saturated carbocycles. The molecule has 0 aromatic heterocycles. The standard InChI is InChI=1S/C39H44O8/c1-23(2)38-17-25(4)39-29(30(38)20-36(47-38,22-46-39)18-26-9-7-6-8-10-26)14-28(19-37(43)33(39)13-24(3)35(37)42)21-45-34(41)16-27-11-12-31(40)32(15-27)44-5/h6-15,25,29-30,33,40,43H,1,16-22H2,2-5H3/t25-,29+,30-,33?,36?,37-,38-,39-/m1/s1. The summed E-state index contributed by atoms with van der Waals surface area (Å²) in [7, 11) is 1.45. The lowest BCUT2D eigenvalue weighted by Crippen LogP contribution is -2.67. The van der Waals surface area contributed by atoms with Gasteiger partial charge in [-0.1, -0.05) is 62.1 Å². The molecule has 5 aliphatic rings. The molecular weight excluding hydrogens is 596 g/mol. The highest BCUT2D eigenvalue weighted by molar-refractivity contribution is 6.04. The van der Waals surface area contributed by atoms with Gasteiger partial charge in [-0.25, -0.2) is 0 Å². The fraction of sp³-hybridized carbons (Fsp3) is 0.487. The van der Waals surface area contributed by atoms with Crippen molar-refractivity contribution in [2.45, 2.75) is 75.3 Å². The third-order valence-electron chi connectivity index (χ3n) is 11.7. The molecule has 8 nitrogen and oxygen atoms in total. The zero-order valence-corrected chi connectivity index (χ0v) is 27.6. The van der Waals surface area contributed by atoms with E-state index in [-0.39, 0.29) is 54.5 Å². The van der Waals surface area contributed by atoms with Gasteiger partial charge in [0.2, 0.25) is 0 Å². The van der Waals surface area contributed by atoms with E-state index in [4.69, 9.17) is 18.9 Å². The van der Waals surface area contributed by atoms with E-state index in [9.17, 15) is 19.8 Å². The minimum Gasteiger partial charge on any atom is -0.504 e. The normalized spacial score (nSPS) is 36.8. The number of hydrogen-bond donors (Lipinski definition) is 2. The van der Waals surface area contributed by atoms with Crippen LogP contribution in [0.2, 0.25) is 0 Å². The number of phenols is 1. The van der Waals surface area contributed by atoms with Crippen molar-refractivity contribution < 1.29 is 38.7 Å². The van der Waals surface area contributed by atoms with Gasteiger partial charge in [0.05, 0.1) is 36.9 Å². The lowest BCUT2D eigenvalue weighted by molar-refractivity contribution is -0.270. The van der Waals surface area contributed by atoms with Crippen LogP contribution in [0.15, 0.2) is 84.0 Å². The molecule has 0 radical (unpaired) electrons. The van der Waals surface area contributed by atoms with Gasteiger partial charge in [-0.15, -0.1) is 0 Å². The van der Waals surface area contributed by atoms with E-state index in [1.165, 1.54) is 13.2 Å². The zero-order chi connectivity index (χ0) is 33.4. The number of ether oxygens (including phenoxy) is 4. The second-order valence-electron chi connectivity index (χ2n) is 14.6. The quantitative estimate of drug-likeness (QED) is 0.290. The summed E-state index contributed by atoms with van der Waals surface area (Å²) >= 11 is 0. The first-order valence-electron chi connectivity index (χ1n) is 16.6. The number of carbonyl (C=O) groups is 2. The predicted molar refractivity (Wildman–Crippen MR) is 175 cm³/mol. The van der Waals surface area contributed by atoms with Crippen LogP contribution in [0.4, 0.5) is 0 Å². The van der Waals surface area contributed by atoms with Crippen LogP contribution < -0.4 is 4.74 Å². The van der Waals surface area contributed by atoms with Crippen molar-refractivity contribution in [3.63, 3.8) is 0 Å². The van der Waals surface area contributed by atoms with Gasteiger partial charge in [-0.3, -0.25) is 9.59 Å². The lowest BCUT2D eigenvalue weighted by atomic mass is 9.52. The Morgan fingerprint density at radius 1 is 1.11 bits per heavy atom. The molecule has 2 unspecified atom stereocenters. The van der Waals surface area contributed by atoms with E-state index in [1.54, 1.807) is 19.1 Å². The first-order chi connectivity index (χ1) is 22.4. The molecule has 2 N–H and O–H groups in total. The third kappa shape index (κ3) is 4.82. The van der Waals surface area contributed by atoms with Crippen molar-refractivity contribution in [1.29, 1.82) is 0 Å². The number of benzene rings is 2. The van der Waals surface area contributed by atoms with Crippen LogP contribution in [-0.2, 0) is 36.6 Å². The molecule has 2 heterocycles. The summed E-state index contributed by atoms with van der Waals surface area (Å²) < 4.78 is 25.4. The van der Waals surface area contributed by atoms with Crippen LogP contribution in [0.1, 0.15) is 51.2 Å². The second-order valence-corrected chi connectivity index (χ2v) is 14.6. The molecule has 8 heteroatoms. The molecule has 2 saturated heterocycles. The Bertz CT molecular complexity index is 1690. The molecule has 8 atom stereocenters. The highest BCUT2D eigenvalue weighted by Gasteiger charge is 2.74. The fourth-order valence-electron chi connectivity index (χ4n) is 9.70. The molecule has 7 rings (SSSR count). The predicted octanol–water partition coefficient (Wildman–Crippen LogP) is 5.45. The highest BCUT2D eigenvalue weighted by Crippen LogP contribution is 2.68. The number of carbonyl (C=O) groups excluding carboxylic acids is 2. The lowest BCUT2D eigenvalue weighted by Gasteiger charge is -2.60. The smallest absolute Gasteiger partial charge is 0.310 e. The maximum absolute atomic E-state index is 13.8. The number of aliphatic hydroxyl groups is 1. The van der Waals surface area contributed by atoms with E-state index >= 15 is 0 Å². The Labute approximate surface area is 276 Å². The van der Waals surface area contributed by atoms with Gasteiger partial charge in [0.15, 0.2) is 17.3 Å². The number of phenolic OH excluding ortho intramolecular Hbond substituents is 1.